The molecule has 0 aliphatic carbocycles. The molecule has 0 amide bonds. The van der Waals surface area contributed by atoms with Crippen LogP contribution in [-0.4, -0.2) is 31.9 Å². The minimum Gasteiger partial charge on any atom is -0.351 e. The van der Waals surface area contributed by atoms with Crippen LogP contribution < -0.4 is 5.32 Å². The van der Waals surface area contributed by atoms with Crippen LogP contribution in [0.3, 0.4) is 0 Å². The van der Waals surface area contributed by atoms with Crippen molar-refractivity contribution in [2.75, 3.05) is 17.2 Å². The highest BCUT2D eigenvalue weighted by Crippen LogP contribution is 2.33. The molecule has 0 aromatic carbocycles. The normalized spacial score (nSPS) is 19.4. The van der Waals surface area contributed by atoms with Crippen LogP contribution in [0.2, 0.25) is 0 Å². The van der Waals surface area contributed by atoms with Crippen molar-refractivity contribution in [1.82, 2.24) is 14.8 Å². The third-order valence-electron chi connectivity index (χ3n) is 1.95. The number of fused-ring (bicyclic) bond motifs is 1. The van der Waals surface area contributed by atoms with E-state index in [1.54, 1.807) is 11.8 Å². The fraction of sp³-hybridized carbons (Fsp3) is 0.500. The maximum Gasteiger partial charge on any atom is 0.225 e. The Morgan fingerprint density at radius 1 is 1.71 bits per heavy atom. The molecule has 1 aromatic rings. The summed E-state index contributed by atoms with van der Waals surface area (Å²) in [5.41, 5.74) is 0. The number of hydrogen-bond acceptors (Lipinski definition) is 4. The third kappa shape index (κ3) is 1.81. The number of rotatable bonds is 4. The van der Waals surface area contributed by atoms with Crippen molar-refractivity contribution in [3.05, 3.63) is 12.7 Å². The van der Waals surface area contributed by atoms with Gasteiger partial charge in [0.2, 0.25) is 5.95 Å². The van der Waals surface area contributed by atoms with E-state index in [0.29, 0.717) is 5.25 Å². The van der Waals surface area contributed by atoms with E-state index in [-0.39, 0.29) is 0 Å². The van der Waals surface area contributed by atoms with Gasteiger partial charge < -0.3 is 5.32 Å². The van der Waals surface area contributed by atoms with Crippen molar-refractivity contribution in [2.24, 2.45) is 0 Å². The molecular formula is C8H11BrN4S. The zero-order valence-electron chi connectivity index (χ0n) is 7.61. The first-order chi connectivity index (χ1) is 6.85. The second kappa shape index (κ2) is 4.35. The molecule has 1 unspecified atom stereocenters. The Morgan fingerprint density at radius 2 is 2.57 bits per heavy atom. The molecule has 1 aliphatic rings. The van der Waals surface area contributed by atoms with Crippen molar-refractivity contribution in [1.29, 1.82) is 0 Å². The Labute approximate surface area is 95.3 Å². The van der Waals surface area contributed by atoms with Crippen LogP contribution in [0.5, 0.6) is 0 Å². The number of aromatic nitrogens is 3. The molecule has 0 saturated carbocycles. The second-order valence-electron chi connectivity index (χ2n) is 2.98. The minimum atomic E-state index is 0.574. The van der Waals surface area contributed by atoms with Crippen LogP contribution in [0.15, 0.2) is 17.8 Å². The Kier molecular flexibility index (Phi) is 3.12. The molecule has 1 aliphatic heterocycles. The standard InChI is InChI=1S/C8H11BrN4S/c1-2-3-10-7-11-12-8-13(7)5-6(4-9)14-8/h2,6H,1,3-5H2,(H,10,11). The average Bonchev–Trinajstić information content (AvgIpc) is 2.74. The monoisotopic (exact) mass is 274 g/mol. The van der Waals surface area contributed by atoms with Gasteiger partial charge in [-0.05, 0) is 0 Å². The van der Waals surface area contributed by atoms with E-state index in [2.05, 4.69) is 42.6 Å². The van der Waals surface area contributed by atoms with Crippen LogP contribution >= 0.6 is 27.7 Å². The van der Waals surface area contributed by atoms with E-state index in [1.165, 1.54) is 0 Å². The smallest absolute Gasteiger partial charge is 0.225 e. The Balaban J connectivity index is 2.10. The molecule has 0 saturated heterocycles. The highest BCUT2D eigenvalue weighted by atomic mass is 79.9. The minimum absolute atomic E-state index is 0.574. The molecule has 2 rings (SSSR count). The second-order valence-corrected chi connectivity index (χ2v) is 4.90. The van der Waals surface area contributed by atoms with Crippen molar-refractivity contribution in [2.45, 2.75) is 17.0 Å². The largest absolute Gasteiger partial charge is 0.351 e. The Bertz CT molecular complexity index is 338. The third-order valence-corrected chi connectivity index (χ3v) is 4.32. The highest BCUT2D eigenvalue weighted by Gasteiger charge is 2.25. The van der Waals surface area contributed by atoms with E-state index in [9.17, 15) is 0 Å². The molecule has 1 N–H and O–H groups in total. The van der Waals surface area contributed by atoms with Crippen LogP contribution in [0.25, 0.3) is 0 Å². The number of hydrogen-bond donors (Lipinski definition) is 1. The molecule has 0 bridgehead atoms. The molecular weight excluding hydrogens is 264 g/mol. The van der Waals surface area contributed by atoms with Gasteiger partial charge in [-0.15, -0.1) is 16.8 Å². The lowest BCUT2D eigenvalue weighted by molar-refractivity contribution is 0.678. The molecule has 6 heteroatoms. The summed E-state index contributed by atoms with van der Waals surface area (Å²) in [6.45, 7) is 5.35. The first-order valence-electron chi connectivity index (χ1n) is 4.35. The van der Waals surface area contributed by atoms with Gasteiger partial charge in [0.25, 0.3) is 0 Å². The lowest BCUT2D eigenvalue weighted by Crippen LogP contribution is -2.11. The van der Waals surface area contributed by atoms with Gasteiger partial charge in [-0.25, -0.2) is 0 Å². The van der Waals surface area contributed by atoms with Gasteiger partial charge in [-0.2, -0.15) is 0 Å². The van der Waals surface area contributed by atoms with E-state index in [1.807, 2.05) is 6.08 Å². The van der Waals surface area contributed by atoms with E-state index in [0.717, 1.165) is 29.5 Å². The zero-order chi connectivity index (χ0) is 9.97. The lowest BCUT2D eigenvalue weighted by Gasteiger charge is -2.05. The number of nitrogens with one attached hydrogen (secondary N) is 1. The van der Waals surface area contributed by atoms with Crippen LogP contribution in [-0.2, 0) is 6.54 Å². The van der Waals surface area contributed by atoms with Gasteiger partial charge >= 0.3 is 0 Å². The Hall–Kier alpha value is -0.490. The van der Waals surface area contributed by atoms with Gasteiger partial charge in [-0.3, -0.25) is 4.57 Å². The van der Waals surface area contributed by atoms with Crippen molar-refractivity contribution < 1.29 is 0 Å². The maximum absolute atomic E-state index is 4.11. The first kappa shape index (κ1) is 10.0. The van der Waals surface area contributed by atoms with Crippen LogP contribution in [0, 0.1) is 0 Å². The van der Waals surface area contributed by atoms with Gasteiger partial charge in [0, 0.05) is 23.7 Å². The summed E-state index contributed by atoms with van der Waals surface area (Å²) < 4.78 is 2.11. The molecule has 1 aromatic heterocycles. The summed E-state index contributed by atoms with van der Waals surface area (Å²) >= 11 is 5.25. The Morgan fingerprint density at radius 3 is 3.29 bits per heavy atom. The molecule has 14 heavy (non-hydrogen) atoms. The molecule has 2 heterocycles. The topological polar surface area (TPSA) is 42.7 Å². The summed E-state index contributed by atoms with van der Waals surface area (Å²) in [6.07, 6.45) is 1.81. The molecule has 4 nitrogen and oxygen atoms in total. The van der Waals surface area contributed by atoms with Crippen molar-refractivity contribution >= 4 is 33.6 Å². The van der Waals surface area contributed by atoms with Gasteiger partial charge in [0.15, 0.2) is 5.16 Å². The summed E-state index contributed by atoms with van der Waals surface area (Å²) in [5, 5.41) is 13.9. The number of nitrogens with zero attached hydrogens (tertiary/aromatic N) is 3. The summed E-state index contributed by atoms with van der Waals surface area (Å²) in [6, 6.07) is 0. The van der Waals surface area contributed by atoms with Gasteiger partial charge in [0.1, 0.15) is 0 Å². The summed E-state index contributed by atoms with van der Waals surface area (Å²) in [4.78, 5) is 0. The molecule has 0 fully saturated rings. The van der Waals surface area contributed by atoms with Crippen LogP contribution in [0.4, 0.5) is 5.95 Å². The van der Waals surface area contributed by atoms with Crippen molar-refractivity contribution in [3.8, 4) is 0 Å². The molecule has 1 atom stereocenters. The number of halogens is 1. The van der Waals surface area contributed by atoms with Crippen molar-refractivity contribution in [3.63, 3.8) is 0 Å². The quantitative estimate of drug-likeness (QED) is 0.671. The average molecular weight is 275 g/mol. The fourth-order valence-electron chi connectivity index (χ4n) is 1.30. The number of anilines is 1. The summed E-state index contributed by atoms with van der Waals surface area (Å²) in [7, 11) is 0. The lowest BCUT2D eigenvalue weighted by atomic mass is 10.5. The zero-order valence-corrected chi connectivity index (χ0v) is 10.0. The van der Waals surface area contributed by atoms with E-state index in [4.69, 9.17) is 0 Å². The van der Waals surface area contributed by atoms with E-state index < -0.39 is 0 Å². The maximum atomic E-state index is 4.11. The summed E-state index contributed by atoms with van der Waals surface area (Å²) in [5.74, 6) is 0.843. The van der Waals surface area contributed by atoms with Gasteiger partial charge in [-0.1, -0.05) is 33.8 Å². The van der Waals surface area contributed by atoms with Crippen LogP contribution in [0.1, 0.15) is 0 Å². The molecule has 0 radical (unpaired) electrons. The predicted octanol–water partition coefficient (Wildman–Crippen LogP) is 1.75. The van der Waals surface area contributed by atoms with E-state index >= 15 is 0 Å². The fourth-order valence-corrected chi connectivity index (χ4v) is 2.87. The number of thioether (sulfide) groups is 1. The highest BCUT2D eigenvalue weighted by molar-refractivity contribution is 9.09. The molecule has 0 spiro atoms. The van der Waals surface area contributed by atoms with Gasteiger partial charge in [0.05, 0.1) is 0 Å². The predicted molar refractivity (Wildman–Crippen MR) is 62.1 cm³/mol. The SMILES string of the molecule is C=CCNc1nnc2n1CC(CBr)S2. The number of alkyl halides is 1. The molecule has 76 valence electrons. The first-order valence-corrected chi connectivity index (χ1v) is 6.36.